The molecule has 3 rings (SSSR count). The second-order valence-electron chi connectivity index (χ2n) is 6.12. The molecule has 0 saturated carbocycles. The van der Waals surface area contributed by atoms with Crippen LogP contribution < -0.4 is 5.32 Å². The van der Waals surface area contributed by atoms with Crippen molar-refractivity contribution in [3.05, 3.63) is 41.1 Å². The topological polar surface area (TPSA) is 29.9 Å². The standard InChI is InChI=1S/C18H25N3/c1-4-14-6-5-7-15(12-14)18-16-8-10-19-11-9-17(16)20-21(18)13(2)3/h5-7,12-13,19H,4,8-11H2,1-3H3. The van der Waals surface area contributed by atoms with Gasteiger partial charge in [-0.1, -0.05) is 25.1 Å². The number of fused-ring (bicyclic) bond motifs is 1. The minimum atomic E-state index is 0.394. The normalized spacial score (nSPS) is 15.0. The predicted octanol–water partition coefficient (Wildman–Crippen LogP) is 3.38. The van der Waals surface area contributed by atoms with E-state index in [9.17, 15) is 0 Å². The van der Waals surface area contributed by atoms with Crippen molar-refractivity contribution >= 4 is 0 Å². The van der Waals surface area contributed by atoms with Crippen LogP contribution in [0.15, 0.2) is 24.3 Å². The summed E-state index contributed by atoms with van der Waals surface area (Å²) in [5.74, 6) is 0. The molecule has 0 unspecified atom stereocenters. The lowest BCUT2D eigenvalue weighted by Gasteiger charge is -2.14. The van der Waals surface area contributed by atoms with E-state index >= 15 is 0 Å². The molecule has 0 saturated heterocycles. The summed E-state index contributed by atoms with van der Waals surface area (Å²) in [5, 5.41) is 8.40. The molecule has 0 bridgehead atoms. The number of hydrogen-bond acceptors (Lipinski definition) is 2. The highest BCUT2D eigenvalue weighted by Crippen LogP contribution is 2.31. The van der Waals surface area contributed by atoms with E-state index in [0.717, 1.165) is 32.4 Å². The van der Waals surface area contributed by atoms with Crippen LogP contribution in [0.3, 0.4) is 0 Å². The van der Waals surface area contributed by atoms with Gasteiger partial charge in [0.05, 0.1) is 11.4 Å². The van der Waals surface area contributed by atoms with Gasteiger partial charge in [0.1, 0.15) is 0 Å². The number of benzene rings is 1. The van der Waals surface area contributed by atoms with Crippen LogP contribution in [-0.2, 0) is 19.3 Å². The summed E-state index contributed by atoms with van der Waals surface area (Å²) in [7, 11) is 0. The van der Waals surface area contributed by atoms with E-state index in [1.807, 2.05) is 0 Å². The zero-order valence-electron chi connectivity index (χ0n) is 13.3. The summed E-state index contributed by atoms with van der Waals surface area (Å²) in [6.07, 6.45) is 3.19. The minimum absolute atomic E-state index is 0.394. The van der Waals surface area contributed by atoms with E-state index in [2.05, 4.69) is 55.0 Å². The Labute approximate surface area is 127 Å². The summed E-state index contributed by atoms with van der Waals surface area (Å²) in [6.45, 7) is 8.74. The van der Waals surface area contributed by atoms with Crippen LogP contribution in [0, 0.1) is 0 Å². The van der Waals surface area contributed by atoms with Crippen molar-refractivity contribution in [3.63, 3.8) is 0 Å². The van der Waals surface area contributed by atoms with E-state index in [1.54, 1.807) is 0 Å². The van der Waals surface area contributed by atoms with Gasteiger partial charge in [-0.25, -0.2) is 0 Å². The fraction of sp³-hybridized carbons (Fsp3) is 0.500. The SMILES string of the molecule is CCc1cccc(-c2c3c(nn2C(C)C)CCNCC3)c1. The van der Waals surface area contributed by atoms with Gasteiger partial charge in [0.2, 0.25) is 0 Å². The van der Waals surface area contributed by atoms with Gasteiger partial charge in [-0.3, -0.25) is 4.68 Å². The Balaban J connectivity index is 2.16. The van der Waals surface area contributed by atoms with E-state index in [-0.39, 0.29) is 0 Å². The first kappa shape index (κ1) is 14.3. The molecule has 0 spiro atoms. The Morgan fingerprint density at radius 2 is 2.05 bits per heavy atom. The predicted molar refractivity (Wildman–Crippen MR) is 87.7 cm³/mol. The molecule has 1 aliphatic heterocycles. The lowest BCUT2D eigenvalue weighted by Crippen LogP contribution is -2.17. The van der Waals surface area contributed by atoms with E-state index < -0.39 is 0 Å². The van der Waals surface area contributed by atoms with Crippen LogP contribution in [0.25, 0.3) is 11.3 Å². The number of nitrogens with one attached hydrogen (secondary N) is 1. The Morgan fingerprint density at radius 3 is 2.81 bits per heavy atom. The lowest BCUT2D eigenvalue weighted by molar-refractivity contribution is 0.529. The van der Waals surface area contributed by atoms with Gasteiger partial charge in [0, 0.05) is 30.1 Å². The summed E-state index contributed by atoms with van der Waals surface area (Å²) < 4.78 is 2.23. The average Bonchev–Trinajstić information content (AvgIpc) is 2.71. The maximum absolute atomic E-state index is 4.92. The minimum Gasteiger partial charge on any atom is -0.316 e. The van der Waals surface area contributed by atoms with Crippen LogP contribution in [0.1, 0.15) is 43.6 Å². The third-order valence-corrected chi connectivity index (χ3v) is 4.28. The van der Waals surface area contributed by atoms with E-state index in [4.69, 9.17) is 5.10 Å². The highest BCUT2D eigenvalue weighted by molar-refractivity contribution is 5.66. The molecule has 0 aliphatic carbocycles. The van der Waals surface area contributed by atoms with Crippen molar-refractivity contribution in [1.29, 1.82) is 0 Å². The highest BCUT2D eigenvalue weighted by atomic mass is 15.3. The molecule has 0 atom stereocenters. The zero-order valence-corrected chi connectivity index (χ0v) is 13.3. The fourth-order valence-electron chi connectivity index (χ4n) is 3.14. The van der Waals surface area contributed by atoms with Gasteiger partial charge in [0.25, 0.3) is 0 Å². The Morgan fingerprint density at radius 1 is 1.24 bits per heavy atom. The molecule has 0 fully saturated rings. The van der Waals surface area contributed by atoms with Crippen LogP contribution in [-0.4, -0.2) is 22.9 Å². The first-order valence-electron chi connectivity index (χ1n) is 8.11. The van der Waals surface area contributed by atoms with Crippen molar-refractivity contribution in [3.8, 4) is 11.3 Å². The van der Waals surface area contributed by atoms with Crippen molar-refractivity contribution in [2.45, 2.75) is 46.1 Å². The van der Waals surface area contributed by atoms with Gasteiger partial charge >= 0.3 is 0 Å². The second-order valence-corrected chi connectivity index (χ2v) is 6.12. The molecule has 112 valence electrons. The van der Waals surface area contributed by atoms with E-state index in [0.29, 0.717) is 6.04 Å². The Hall–Kier alpha value is -1.61. The third kappa shape index (κ3) is 2.75. The van der Waals surface area contributed by atoms with Crippen molar-refractivity contribution in [2.24, 2.45) is 0 Å². The monoisotopic (exact) mass is 283 g/mol. The fourth-order valence-corrected chi connectivity index (χ4v) is 3.14. The zero-order chi connectivity index (χ0) is 14.8. The molecule has 1 N–H and O–H groups in total. The van der Waals surface area contributed by atoms with E-state index in [1.165, 1.54) is 28.1 Å². The van der Waals surface area contributed by atoms with Gasteiger partial charge < -0.3 is 5.32 Å². The van der Waals surface area contributed by atoms with Crippen molar-refractivity contribution in [2.75, 3.05) is 13.1 Å². The van der Waals surface area contributed by atoms with Crippen molar-refractivity contribution in [1.82, 2.24) is 15.1 Å². The van der Waals surface area contributed by atoms with Gasteiger partial charge in [0.15, 0.2) is 0 Å². The number of rotatable bonds is 3. The molecule has 1 aliphatic rings. The van der Waals surface area contributed by atoms with Gasteiger partial charge in [-0.2, -0.15) is 5.10 Å². The number of aryl methyl sites for hydroxylation is 1. The molecular weight excluding hydrogens is 258 g/mol. The molecule has 21 heavy (non-hydrogen) atoms. The molecule has 2 heterocycles. The Bertz CT molecular complexity index is 625. The summed E-state index contributed by atoms with van der Waals surface area (Å²) >= 11 is 0. The molecule has 2 aromatic rings. The van der Waals surface area contributed by atoms with Crippen molar-refractivity contribution < 1.29 is 0 Å². The maximum Gasteiger partial charge on any atom is 0.0720 e. The summed E-state index contributed by atoms with van der Waals surface area (Å²) in [5.41, 5.74) is 6.77. The molecule has 0 radical (unpaired) electrons. The number of nitrogens with zero attached hydrogens (tertiary/aromatic N) is 2. The highest BCUT2D eigenvalue weighted by Gasteiger charge is 2.21. The summed E-state index contributed by atoms with van der Waals surface area (Å²) in [6, 6.07) is 9.33. The number of hydrogen-bond donors (Lipinski definition) is 1. The third-order valence-electron chi connectivity index (χ3n) is 4.28. The largest absolute Gasteiger partial charge is 0.316 e. The molecule has 1 aromatic heterocycles. The smallest absolute Gasteiger partial charge is 0.0720 e. The average molecular weight is 283 g/mol. The summed E-state index contributed by atoms with van der Waals surface area (Å²) in [4.78, 5) is 0. The first-order chi connectivity index (χ1) is 10.2. The first-order valence-corrected chi connectivity index (χ1v) is 8.11. The second kappa shape index (κ2) is 6.02. The number of aromatic nitrogens is 2. The quantitative estimate of drug-likeness (QED) is 0.936. The Kier molecular flexibility index (Phi) is 4.11. The maximum atomic E-state index is 4.92. The van der Waals surface area contributed by atoms with Crippen LogP contribution in [0.5, 0.6) is 0 Å². The van der Waals surface area contributed by atoms with Crippen LogP contribution in [0.4, 0.5) is 0 Å². The van der Waals surface area contributed by atoms with Gasteiger partial charge in [-0.05, 0) is 44.9 Å². The molecule has 1 aromatic carbocycles. The molecule has 3 nitrogen and oxygen atoms in total. The molecular formula is C18H25N3. The van der Waals surface area contributed by atoms with Crippen LogP contribution in [0.2, 0.25) is 0 Å². The molecule has 3 heteroatoms. The van der Waals surface area contributed by atoms with Gasteiger partial charge in [-0.15, -0.1) is 0 Å². The van der Waals surface area contributed by atoms with Crippen LogP contribution >= 0.6 is 0 Å². The molecule has 0 amide bonds. The lowest BCUT2D eigenvalue weighted by atomic mass is 10.00.